The Kier molecular flexibility index (Phi) is 4.31. The second-order valence-electron chi connectivity index (χ2n) is 9.27. The molecular weight excluding hydrogens is 356 g/mol. The summed E-state index contributed by atoms with van der Waals surface area (Å²) in [5.74, 6) is -0.109. The average molecular weight is 384 g/mol. The normalized spacial score (nSPS) is 43.6. The van der Waals surface area contributed by atoms with Crippen molar-refractivity contribution in [3.8, 4) is 0 Å². The molecule has 0 aromatic heterocycles. The van der Waals surface area contributed by atoms with Gasteiger partial charge in [0.1, 0.15) is 5.60 Å². The summed E-state index contributed by atoms with van der Waals surface area (Å²) in [6, 6.07) is 0. The van der Waals surface area contributed by atoms with Crippen molar-refractivity contribution in [2.75, 3.05) is 6.61 Å². The number of allylic oxidation sites excluding steroid dienone is 5. The van der Waals surface area contributed by atoms with Crippen molar-refractivity contribution in [3.05, 3.63) is 36.0 Å². The van der Waals surface area contributed by atoms with Crippen LogP contribution in [0.15, 0.2) is 36.0 Å². The molecule has 5 heteroatoms. The van der Waals surface area contributed by atoms with Crippen molar-refractivity contribution < 1.29 is 24.2 Å². The Morgan fingerprint density at radius 1 is 1.25 bits per heavy atom. The van der Waals surface area contributed by atoms with Gasteiger partial charge >= 0.3 is 5.97 Å². The number of carbonyl (C=O) groups is 3. The first-order valence-electron chi connectivity index (χ1n) is 10.1. The molecule has 0 radical (unpaired) electrons. The summed E-state index contributed by atoms with van der Waals surface area (Å²) in [6.45, 7) is 5.04. The summed E-state index contributed by atoms with van der Waals surface area (Å²) in [5.41, 5.74) is -1.17. The Labute approximate surface area is 165 Å². The number of hydrogen-bond donors (Lipinski definition) is 1. The largest absolute Gasteiger partial charge is 0.458 e. The molecule has 0 aliphatic heterocycles. The summed E-state index contributed by atoms with van der Waals surface area (Å²) in [7, 11) is 0. The molecule has 2 fully saturated rings. The lowest BCUT2D eigenvalue weighted by Crippen LogP contribution is -2.56. The lowest BCUT2D eigenvalue weighted by atomic mass is 9.50. The number of ketones is 2. The molecule has 6 atom stereocenters. The van der Waals surface area contributed by atoms with Gasteiger partial charge in [-0.05, 0) is 55.6 Å². The molecule has 0 aromatic rings. The molecule has 0 unspecified atom stereocenters. The van der Waals surface area contributed by atoms with E-state index in [4.69, 9.17) is 4.74 Å². The zero-order valence-electron chi connectivity index (χ0n) is 16.7. The lowest BCUT2D eigenvalue weighted by Gasteiger charge is -2.54. The second kappa shape index (κ2) is 6.24. The first-order chi connectivity index (χ1) is 13.1. The van der Waals surface area contributed by atoms with Gasteiger partial charge in [0, 0.05) is 17.8 Å². The van der Waals surface area contributed by atoms with Gasteiger partial charge in [0.05, 0.1) is 0 Å². The van der Waals surface area contributed by atoms with Gasteiger partial charge in [-0.1, -0.05) is 37.6 Å². The summed E-state index contributed by atoms with van der Waals surface area (Å²) >= 11 is 0. The highest BCUT2D eigenvalue weighted by Gasteiger charge is 2.64. The van der Waals surface area contributed by atoms with Gasteiger partial charge in [-0.3, -0.25) is 14.4 Å². The topological polar surface area (TPSA) is 80.7 Å². The zero-order chi connectivity index (χ0) is 20.3. The van der Waals surface area contributed by atoms with Crippen LogP contribution in [-0.4, -0.2) is 34.9 Å². The van der Waals surface area contributed by atoms with Crippen LogP contribution in [0.2, 0.25) is 0 Å². The molecule has 0 amide bonds. The van der Waals surface area contributed by atoms with Crippen LogP contribution in [-0.2, 0) is 19.1 Å². The van der Waals surface area contributed by atoms with Gasteiger partial charge in [-0.25, -0.2) is 0 Å². The smallest absolute Gasteiger partial charge is 0.303 e. The highest BCUT2D eigenvalue weighted by molar-refractivity contribution is 6.01. The molecule has 4 aliphatic rings. The van der Waals surface area contributed by atoms with Crippen LogP contribution in [0.1, 0.15) is 46.5 Å². The van der Waals surface area contributed by atoms with Gasteiger partial charge < -0.3 is 9.84 Å². The Morgan fingerprint density at radius 2 is 2.00 bits per heavy atom. The minimum Gasteiger partial charge on any atom is -0.458 e. The van der Waals surface area contributed by atoms with Crippen LogP contribution in [0, 0.1) is 28.6 Å². The number of ether oxygens (including phenoxy) is 1. The maximum atomic E-state index is 12.8. The van der Waals surface area contributed by atoms with Crippen molar-refractivity contribution in [1.29, 1.82) is 0 Å². The molecule has 0 heterocycles. The third-order valence-corrected chi connectivity index (χ3v) is 8.02. The molecule has 0 saturated heterocycles. The number of aliphatic hydroxyl groups is 1. The van der Waals surface area contributed by atoms with E-state index >= 15 is 0 Å². The Morgan fingerprint density at radius 3 is 2.71 bits per heavy atom. The number of hydrogen-bond acceptors (Lipinski definition) is 5. The first-order valence-corrected chi connectivity index (χ1v) is 10.1. The van der Waals surface area contributed by atoms with E-state index in [1.807, 2.05) is 19.1 Å². The van der Waals surface area contributed by atoms with Gasteiger partial charge in [0.15, 0.2) is 12.4 Å². The fourth-order valence-corrected chi connectivity index (χ4v) is 6.34. The fourth-order valence-electron chi connectivity index (χ4n) is 6.34. The maximum Gasteiger partial charge on any atom is 0.303 e. The Balaban J connectivity index is 1.67. The molecule has 150 valence electrons. The number of carbonyl (C=O) groups excluding carboxylic acids is 3. The van der Waals surface area contributed by atoms with Crippen LogP contribution in [0.3, 0.4) is 0 Å². The molecule has 2 saturated carbocycles. The standard InChI is InChI=1S/C23H28O5/c1-14(24)28-13-20(26)23(27)11-8-19-17-5-4-15-12-16(25)6-9-21(15,2)18(17)7-10-22(19,23)3/h6-7,9-10,12,17-19,27H,4-5,8,11,13H2,1-3H3/t17-,18-,19+,21-,22+,23-/m1/s1. The predicted molar refractivity (Wildman–Crippen MR) is 103 cm³/mol. The molecule has 4 rings (SSSR count). The van der Waals surface area contributed by atoms with E-state index in [1.54, 1.807) is 12.2 Å². The SMILES string of the molecule is CC(=O)OCC(=O)[C@]1(O)CC[C@H]2[C@@H]3CCC4=CC(=O)C=C[C@@]4(C)[C@@H]3C=C[C@@]21C. The van der Waals surface area contributed by atoms with Crippen LogP contribution < -0.4 is 0 Å². The van der Waals surface area contributed by atoms with E-state index < -0.39 is 22.8 Å². The van der Waals surface area contributed by atoms with E-state index in [-0.39, 0.29) is 29.6 Å². The Bertz CT molecular complexity index is 836. The van der Waals surface area contributed by atoms with Crippen molar-refractivity contribution in [1.82, 2.24) is 0 Å². The molecule has 5 nitrogen and oxygen atoms in total. The predicted octanol–water partition coefficient (Wildman–Crippen LogP) is 2.93. The Hall–Kier alpha value is -2.01. The van der Waals surface area contributed by atoms with Crippen LogP contribution in [0.4, 0.5) is 0 Å². The molecule has 0 bridgehead atoms. The molecule has 4 aliphatic carbocycles. The van der Waals surface area contributed by atoms with E-state index in [0.29, 0.717) is 12.3 Å². The van der Waals surface area contributed by atoms with Crippen molar-refractivity contribution in [2.45, 2.75) is 52.1 Å². The third kappa shape index (κ3) is 2.52. The molecule has 28 heavy (non-hydrogen) atoms. The maximum absolute atomic E-state index is 12.8. The van der Waals surface area contributed by atoms with Gasteiger partial charge in [-0.15, -0.1) is 0 Å². The second-order valence-corrected chi connectivity index (χ2v) is 9.27. The summed E-state index contributed by atoms with van der Waals surface area (Å²) in [5, 5.41) is 11.4. The number of fused-ring (bicyclic) bond motifs is 5. The minimum absolute atomic E-state index is 0.0573. The molecule has 0 spiro atoms. The highest BCUT2D eigenvalue weighted by Crippen LogP contribution is 2.64. The van der Waals surface area contributed by atoms with Gasteiger partial charge in [-0.2, -0.15) is 0 Å². The summed E-state index contributed by atoms with van der Waals surface area (Å²) < 4.78 is 4.89. The number of Topliss-reactive ketones (excluding diaryl/α,β-unsaturated/α-hetero) is 1. The van der Waals surface area contributed by atoms with Gasteiger partial charge in [0.2, 0.25) is 5.78 Å². The lowest BCUT2D eigenvalue weighted by molar-refractivity contribution is -0.159. The van der Waals surface area contributed by atoms with Crippen molar-refractivity contribution in [2.24, 2.45) is 28.6 Å². The first kappa shape index (κ1) is 19.3. The zero-order valence-corrected chi connectivity index (χ0v) is 16.7. The quantitative estimate of drug-likeness (QED) is 0.598. The van der Waals surface area contributed by atoms with Crippen molar-refractivity contribution >= 4 is 17.5 Å². The van der Waals surface area contributed by atoms with E-state index in [9.17, 15) is 19.5 Å². The minimum atomic E-state index is -1.51. The van der Waals surface area contributed by atoms with E-state index in [0.717, 1.165) is 19.3 Å². The van der Waals surface area contributed by atoms with Gasteiger partial charge in [0.25, 0.3) is 0 Å². The van der Waals surface area contributed by atoms with E-state index in [2.05, 4.69) is 13.0 Å². The summed E-state index contributed by atoms with van der Waals surface area (Å²) in [4.78, 5) is 35.7. The summed E-state index contributed by atoms with van der Waals surface area (Å²) in [6.07, 6.45) is 12.6. The van der Waals surface area contributed by atoms with E-state index in [1.165, 1.54) is 12.5 Å². The molecular formula is C23H28O5. The fraction of sp³-hybridized carbons (Fsp3) is 0.609. The van der Waals surface area contributed by atoms with Crippen LogP contribution >= 0.6 is 0 Å². The van der Waals surface area contributed by atoms with Crippen molar-refractivity contribution in [3.63, 3.8) is 0 Å². The van der Waals surface area contributed by atoms with Crippen LogP contribution in [0.5, 0.6) is 0 Å². The molecule has 1 N–H and O–H groups in total. The molecule has 0 aromatic carbocycles. The monoisotopic (exact) mass is 384 g/mol. The third-order valence-electron chi connectivity index (χ3n) is 8.02. The highest BCUT2D eigenvalue weighted by atomic mass is 16.5. The van der Waals surface area contributed by atoms with Crippen LogP contribution in [0.25, 0.3) is 0 Å². The number of esters is 1. The number of rotatable bonds is 3. The average Bonchev–Trinajstić information content (AvgIpc) is 2.92.